The minimum atomic E-state index is -0.398. The SMILES string of the molecule is C#CC(C)(C)Nc1ncnc2ccsc12. The van der Waals surface area contributed by atoms with Crippen molar-refractivity contribution < 1.29 is 0 Å². The maximum absolute atomic E-state index is 5.42. The van der Waals surface area contributed by atoms with Gasteiger partial charge in [0.25, 0.3) is 0 Å². The van der Waals surface area contributed by atoms with E-state index in [-0.39, 0.29) is 0 Å². The molecular weight excluding hydrogens is 206 g/mol. The Morgan fingerprint density at radius 3 is 3.00 bits per heavy atom. The summed E-state index contributed by atoms with van der Waals surface area (Å²) in [6, 6.07) is 1.97. The van der Waals surface area contributed by atoms with Crippen LogP contribution in [0.15, 0.2) is 17.8 Å². The fourth-order valence-corrected chi connectivity index (χ4v) is 2.00. The normalized spacial score (nSPS) is 11.3. The number of nitrogens with zero attached hydrogens (tertiary/aromatic N) is 2. The zero-order chi connectivity index (χ0) is 10.9. The summed E-state index contributed by atoms with van der Waals surface area (Å²) in [5.74, 6) is 3.48. The van der Waals surface area contributed by atoms with E-state index in [1.165, 1.54) is 0 Å². The molecule has 2 aromatic heterocycles. The van der Waals surface area contributed by atoms with Crippen molar-refractivity contribution in [1.82, 2.24) is 9.97 Å². The molecule has 0 amide bonds. The van der Waals surface area contributed by atoms with Crippen molar-refractivity contribution in [3.05, 3.63) is 17.8 Å². The predicted molar refractivity (Wildman–Crippen MR) is 63.9 cm³/mol. The van der Waals surface area contributed by atoms with E-state index in [9.17, 15) is 0 Å². The lowest BCUT2D eigenvalue weighted by Crippen LogP contribution is -2.28. The first-order valence-electron chi connectivity index (χ1n) is 4.56. The topological polar surface area (TPSA) is 37.8 Å². The molecule has 3 nitrogen and oxygen atoms in total. The third-order valence-electron chi connectivity index (χ3n) is 2.03. The van der Waals surface area contributed by atoms with Gasteiger partial charge in [0.2, 0.25) is 0 Å². The van der Waals surface area contributed by atoms with E-state index in [4.69, 9.17) is 6.42 Å². The first kappa shape index (κ1) is 9.94. The molecule has 76 valence electrons. The van der Waals surface area contributed by atoms with Crippen LogP contribution >= 0.6 is 11.3 Å². The van der Waals surface area contributed by atoms with Gasteiger partial charge in [0.05, 0.1) is 15.8 Å². The van der Waals surface area contributed by atoms with E-state index in [0.29, 0.717) is 0 Å². The third kappa shape index (κ3) is 1.92. The van der Waals surface area contributed by atoms with Crippen molar-refractivity contribution in [2.75, 3.05) is 5.32 Å². The van der Waals surface area contributed by atoms with Gasteiger partial charge in [0.15, 0.2) is 0 Å². The molecule has 0 radical (unpaired) electrons. The summed E-state index contributed by atoms with van der Waals surface area (Å²) in [5.41, 5.74) is 0.552. The van der Waals surface area contributed by atoms with Crippen LogP contribution in [0, 0.1) is 12.3 Å². The molecule has 0 spiro atoms. The monoisotopic (exact) mass is 217 g/mol. The average Bonchev–Trinajstić information content (AvgIpc) is 2.66. The van der Waals surface area contributed by atoms with E-state index in [1.807, 2.05) is 25.3 Å². The number of hydrogen-bond acceptors (Lipinski definition) is 4. The van der Waals surface area contributed by atoms with Gasteiger partial charge in [0, 0.05) is 0 Å². The van der Waals surface area contributed by atoms with Crippen LogP contribution in [-0.2, 0) is 0 Å². The van der Waals surface area contributed by atoms with Crippen LogP contribution in [0.3, 0.4) is 0 Å². The molecule has 0 atom stereocenters. The largest absolute Gasteiger partial charge is 0.353 e. The first-order chi connectivity index (χ1) is 7.12. The molecular formula is C11H11N3S. The maximum atomic E-state index is 5.42. The van der Waals surface area contributed by atoms with Crippen LogP contribution in [0.5, 0.6) is 0 Å². The van der Waals surface area contributed by atoms with Crippen molar-refractivity contribution in [1.29, 1.82) is 0 Å². The summed E-state index contributed by atoms with van der Waals surface area (Å²) in [7, 11) is 0. The second-order valence-electron chi connectivity index (χ2n) is 3.75. The number of hydrogen-bond donors (Lipinski definition) is 1. The molecule has 0 aliphatic carbocycles. The third-order valence-corrected chi connectivity index (χ3v) is 2.95. The highest BCUT2D eigenvalue weighted by Gasteiger charge is 2.16. The fraction of sp³-hybridized carbons (Fsp3) is 0.273. The summed E-state index contributed by atoms with van der Waals surface area (Å²) >= 11 is 1.61. The molecule has 0 bridgehead atoms. The van der Waals surface area contributed by atoms with Gasteiger partial charge >= 0.3 is 0 Å². The van der Waals surface area contributed by atoms with Gasteiger partial charge in [-0.3, -0.25) is 0 Å². The Balaban J connectivity index is 2.45. The Morgan fingerprint density at radius 1 is 1.47 bits per heavy atom. The number of aromatic nitrogens is 2. The molecule has 2 rings (SSSR count). The summed E-state index contributed by atoms with van der Waals surface area (Å²) in [6.45, 7) is 3.88. The van der Waals surface area contributed by atoms with Gasteiger partial charge < -0.3 is 5.32 Å². The number of terminal acetylenes is 1. The predicted octanol–water partition coefficient (Wildman–Crippen LogP) is 2.52. The second kappa shape index (κ2) is 3.52. The molecule has 4 heteroatoms. The van der Waals surface area contributed by atoms with Crippen LogP contribution in [0.2, 0.25) is 0 Å². The molecule has 0 aromatic carbocycles. The minimum Gasteiger partial charge on any atom is -0.353 e. The van der Waals surface area contributed by atoms with E-state index in [1.54, 1.807) is 17.7 Å². The van der Waals surface area contributed by atoms with E-state index < -0.39 is 5.54 Å². The average molecular weight is 217 g/mol. The lowest BCUT2D eigenvalue weighted by molar-refractivity contribution is 0.737. The van der Waals surface area contributed by atoms with Crippen LogP contribution in [0.25, 0.3) is 10.2 Å². The number of fused-ring (bicyclic) bond motifs is 1. The fourth-order valence-electron chi connectivity index (χ4n) is 1.21. The molecule has 2 aromatic rings. The second-order valence-corrected chi connectivity index (χ2v) is 4.67. The van der Waals surface area contributed by atoms with Crippen molar-refractivity contribution in [2.45, 2.75) is 19.4 Å². The van der Waals surface area contributed by atoms with Crippen molar-refractivity contribution in [2.24, 2.45) is 0 Å². The Bertz CT molecular complexity index is 522. The van der Waals surface area contributed by atoms with Crippen LogP contribution in [0.4, 0.5) is 5.82 Å². The quantitative estimate of drug-likeness (QED) is 0.785. The van der Waals surface area contributed by atoms with Gasteiger partial charge in [-0.2, -0.15) is 0 Å². The number of nitrogens with one attached hydrogen (secondary N) is 1. The van der Waals surface area contributed by atoms with Crippen LogP contribution < -0.4 is 5.32 Å². The molecule has 0 saturated carbocycles. The molecule has 2 heterocycles. The number of thiophene rings is 1. The lowest BCUT2D eigenvalue weighted by atomic mass is 10.1. The highest BCUT2D eigenvalue weighted by Crippen LogP contribution is 2.26. The summed E-state index contributed by atoms with van der Waals surface area (Å²) in [4.78, 5) is 8.37. The molecule has 0 fully saturated rings. The Hall–Kier alpha value is -1.60. The Morgan fingerprint density at radius 2 is 2.27 bits per heavy atom. The Kier molecular flexibility index (Phi) is 2.33. The van der Waals surface area contributed by atoms with Gasteiger partial charge in [0.1, 0.15) is 12.1 Å². The van der Waals surface area contributed by atoms with E-state index in [0.717, 1.165) is 16.0 Å². The van der Waals surface area contributed by atoms with Crippen molar-refractivity contribution >= 4 is 27.4 Å². The summed E-state index contributed by atoms with van der Waals surface area (Å²) in [5, 5.41) is 5.21. The minimum absolute atomic E-state index is 0.398. The highest BCUT2D eigenvalue weighted by atomic mass is 32.1. The Labute approximate surface area is 92.6 Å². The molecule has 0 saturated heterocycles. The maximum Gasteiger partial charge on any atom is 0.148 e. The van der Waals surface area contributed by atoms with Crippen LogP contribution in [0.1, 0.15) is 13.8 Å². The standard InChI is InChI=1S/C11H11N3S/c1-4-11(2,3)14-10-9-8(5-6-15-9)12-7-13-10/h1,5-7H,2-3H3,(H,12,13,14). The summed E-state index contributed by atoms with van der Waals surface area (Å²) < 4.78 is 1.04. The molecule has 15 heavy (non-hydrogen) atoms. The van der Waals surface area contributed by atoms with Crippen molar-refractivity contribution in [3.8, 4) is 12.3 Å². The zero-order valence-corrected chi connectivity index (χ0v) is 9.43. The zero-order valence-electron chi connectivity index (χ0n) is 8.61. The molecule has 0 aliphatic heterocycles. The molecule has 0 unspecified atom stereocenters. The molecule has 1 N–H and O–H groups in total. The van der Waals surface area contributed by atoms with Gasteiger partial charge in [-0.25, -0.2) is 9.97 Å². The first-order valence-corrected chi connectivity index (χ1v) is 5.44. The smallest absolute Gasteiger partial charge is 0.148 e. The summed E-state index contributed by atoms with van der Waals surface area (Å²) in [6.07, 6.45) is 6.97. The van der Waals surface area contributed by atoms with Gasteiger partial charge in [-0.1, -0.05) is 5.92 Å². The van der Waals surface area contributed by atoms with Crippen molar-refractivity contribution in [3.63, 3.8) is 0 Å². The van der Waals surface area contributed by atoms with Gasteiger partial charge in [-0.05, 0) is 25.3 Å². The number of rotatable bonds is 2. The van der Waals surface area contributed by atoms with Gasteiger partial charge in [-0.15, -0.1) is 17.8 Å². The van der Waals surface area contributed by atoms with Crippen LogP contribution in [-0.4, -0.2) is 15.5 Å². The van der Waals surface area contributed by atoms with E-state index in [2.05, 4.69) is 21.2 Å². The van der Waals surface area contributed by atoms with E-state index >= 15 is 0 Å². The number of anilines is 1. The molecule has 0 aliphatic rings. The highest BCUT2D eigenvalue weighted by molar-refractivity contribution is 7.17. The lowest BCUT2D eigenvalue weighted by Gasteiger charge is -2.20.